The second-order valence-corrected chi connectivity index (χ2v) is 9.15. The molecule has 3 fully saturated rings. The Morgan fingerprint density at radius 3 is 2.40 bits per heavy atom. The van der Waals surface area contributed by atoms with Crippen molar-refractivity contribution in [3.05, 3.63) is 35.9 Å². The molecule has 0 spiro atoms. The van der Waals surface area contributed by atoms with E-state index >= 15 is 0 Å². The van der Waals surface area contributed by atoms with Crippen molar-refractivity contribution in [1.82, 2.24) is 15.1 Å². The van der Waals surface area contributed by atoms with E-state index in [4.69, 9.17) is 0 Å². The number of likely N-dealkylation sites (tertiary alicyclic amines) is 2. The highest BCUT2D eigenvalue weighted by atomic mass is 16.2. The highest BCUT2D eigenvalue weighted by molar-refractivity contribution is 5.98. The van der Waals surface area contributed by atoms with E-state index in [0.717, 1.165) is 38.5 Å². The summed E-state index contributed by atoms with van der Waals surface area (Å²) in [5, 5.41) is 2.89. The first-order valence-electron chi connectivity index (χ1n) is 11.5. The lowest BCUT2D eigenvalue weighted by Crippen LogP contribution is -2.52. The molecule has 3 aliphatic rings. The van der Waals surface area contributed by atoms with E-state index in [2.05, 4.69) is 5.32 Å². The molecule has 0 radical (unpaired) electrons. The van der Waals surface area contributed by atoms with Crippen molar-refractivity contribution < 1.29 is 14.4 Å². The van der Waals surface area contributed by atoms with Crippen molar-refractivity contribution >= 4 is 17.7 Å². The Balaban J connectivity index is 1.46. The van der Waals surface area contributed by atoms with Crippen LogP contribution in [0.2, 0.25) is 0 Å². The minimum atomic E-state index is -0.335. The minimum Gasteiger partial charge on any atom is -0.356 e. The average molecular weight is 412 g/mol. The molecule has 3 unspecified atom stereocenters. The highest BCUT2D eigenvalue weighted by Crippen LogP contribution is 2.41. The van der Waals surface area contributed by atoms with E-state index in [1.54, 1.807) is 0 Å². The SMILES string of the molecule is CC(=O)NCC1CCN(C(=O)C2CC3CCCCC3N2C(=O)c2ccccc2)CC1. The molecule has 2 heterocycles. The maximum atomic E-state index is 13.5. The highest BCUT2D eigenvalue weighted by Gasteiger charge is 2.48. The van der Waals surface area contributed by atoms with Crippen LogP contribution in [-0.4, -0.2) is 59.2 Å². The van der Waals surface area contributed by atoms with Gasteiger partial charge in [-0.05, 0) is 56.1 Å². The molecule has 162 valence electrons. The number of piperidine rings is 1. The largest absolute Gasteiger partial charge is 0.356 e. The van der Waals surface area contributed by atoms with E-state index in [9.17, 15) is 14.4 Å². The number of benzene rings is 1. The third-order valence-corrected chi connectivity index (χ3v) is 7.19. The topological polar surface area (TPSA) is 69.7 Å². The molecule has 1 aromatic carbocycles. The Morgan fingerprint density at radius 1 is 1.00 bits per heavy atom. The lowest BCUT2D eigenvalue weighted by atomic mass is 9.84. The molecule has 1 saturated carbocycles. The first-order chi connectivity index (χ1) is 14.5. The molecule has 0 bridgehead atoms. The summed E-state index contributed by atoms with van der Waals surface area (Å²) in [6, 6.07) is 9.26. The van der Waals surface area contributed by atoms with Crippen LogP contribution in [0.1, 0.15) is 62.2 Å². The van der Waals surface area contributed by atoms with Gasteiger partial charge in [0, 0.05) is 38.2 Å². The molecule has 1 N–H and O–H groups in total. The smallest absolute Gasteiger partial charge is 0.254 e. The van der Waals surface area contributed by atoms with Crippen molar-refractivity contribution in [2.45, 2.75) is 64.0 Å². The first-order valence-corrected chi connectivity index (χ1v) is 11.5. The normalized spacial score (nSPS) is 26.9. The van der Waals surface area contributed by atoms with Crippen molar-refractivity contribution in [3.63, 3.8) is 0 Å². The number of hydrogen-bond donors (Lipinski definition) is 1. The van der Waals surface area contributed by atoms with Crippen LogP contribution >= 0.6 is 0 Å². The van der Waals surface area contributed by atoms with Gasteiger partial charge in [-0.3, -0.25) is 14.4 Å². The van der Waals surface area contributed by atoms with Crippen LogP contribution in [0, 0.1) is 11.8 Å². The fourth-order valence-corrected chi connectivity index (χ4v) is 5.56. The second kappa shape index (κ2) is 9.19. The molecule has 30 heavy (non-hydrogen) atoms. The fraction of sp³-hybridized carbons (Fsp3) is 0.625. The maximum Gasteiger partial charge on any atom is 0.254 e. The molecule has 1 aromatic rings. The number of nitrogens with one attached hydrogen (secondary N) is 1. The molecular formula is C24H33N3O3. The number of carbonyl (C=O) groups is 3. The van der Waals surface area contributed by atoms with Crippen molar-refractivity contribution in [1.29, 1.82) is 0 Å². The van der Waals surface area contributed by atoms with E-state index < -0.39 is 0 Å². The molecular weight excluding hydrogens is 378 g/mol. The van der Waals surface area contributed by atoms with E-state index in [0.29, 0.717) is 37.0 Å². The van der Waals surface area contributed by atoms with E-state index in [-0.39, 0.29) is 29.8 Å². The Hall–Kier alpha value is -2.37. The zero-order valence-corrected chi connectivity index (χ0v) is 17.9. The Labute approximate surface area is 179 Å². The Morgan fingerprint density at radius 2 is 1.70 bits per heavy atom. The van der Waals surface area contributed by atoms with Gasteiger partial charge < -0.3 is 15.1 Å². The molecule has 1 aliphatic carbocycles. The van der Waals surface area contributed by atoms with Gasteiger partial charge in [-0.25, -0.2) is 0 Å². The molecule has 3 atom stereocenters. The molecule has 2 aliphatic heterocycles. The van der Waals surface area contributed by atoms with Gasteiger partial charge >= 0.3 is 0 Å². The van der Waals surface area contributed by atoms with Crippen LogP contribution in [0.3, 0.4) is 0 Å². The number of rotatable bonds is 4. The van der Waals surface area contributed by atoms with E-state index in [1.165, 1.54) is 13.3 Å². The first kappa shape index (κ1) is 20.9. The molecule has 4 rings (SSSR count). The lowest BCUT2D eigenvalue weighted by Gasteiger charge is -2.37. The summed E-state index contributed by atoms with van der Waals surface area (Å²) >= 11 is 0. The van der Waals surface area contributed by atoms with Gasteiger partial charge in [0.25, 0.3) is 5.91 Å². The molecule has 2 saturated heterocycles. The summed E-state index contributed by atoms with van der Waals surface area (Å²) in [4.78, 5) is 42.0. The van der Waals surface area contributed by atoms with Crippen LogP contribution in [-0.2, 0) is 9.59 Å². The zero-order valence-electron chi connectivity index (χ0n) is 17.9. The monoisotopic (exact) mass is 411 g/mol. The van der Waals surface area contributed by atoms with Crippen LogP contribution in [0.15, 0.2) is 30.3 Å². The van der Waals surface area contributed by atoms with Crippen molar-refractivity contribution in [2.24, 2.45) is 11.8 Å². The summed E-state index contributed by atoms with van der Waals surface area (Å²) in [5.74, 6) is 0.983. The summed E-state index contributed by atoms with van der Waals surface area (Å²) in [5.41, 5.74) is 0.676. The van der Waals surface area contributed by atoms with Gasteiger partial charge in [0.15, 0.2) is 0 Å². The second-order valence-electron chi connectivity index (χ2n) is 9.15. The van der Waals surface area contributed by atoms with Crippen LogP contribution < -0.4 is 5.32 Å². The summed E-state index contributed by atoms with van der Waals surface area (Å²) in [6.07, 6.45) is 7.06. The predicted octanol–water partition coefficient (Wildman–Crippen LogP) is 2.83. The van der Waals surface area contributed by atoms with Gasteiger partial charge in [-0.1, -0.05) is 31.0 Å². The van der Waals surface area contributed by atoms with Crippen LogP contribution in [0.25, 0.3) is 0 Å². The molecule has 6 heteroatoms. The summed E-state index contributed by atoms with van der Waals surface area (Å²) < 4.78 is 0. The minimum absolute atomic E-state index is 0.00265. The van der Waals surface area contributed by atoms with Crippen LogP contribution in [0.4, 0.5) is 0 Å². The van der Waals surface area contributed by atoms with Gasteiger partial charge in [-0.15, -0.1) is 0 Å². The Kier molecular flexibility index (Phi) is 6.40. The molecule has 6 nitrogen and oxygen atoms in total. The predicted molar refractivity (Wildman–Crippen MR) is 115 cm³/mol. The van der Waals surface area contributed by atoms with Crippen molar-refractivity contribution in [2.75, 3.05) is 19.6 Å². The van der Waals surface area contributed by atoms with Crippen LogP contribution in [0.5, 0.6) is 0 Å². The van der Waals surface area contributed by atoms with E-state index in [1.807, 2.05) is 40.1 Å². The third-order valence-electron chi connectivity index (χ3n) is 7.19. The Bertz CT molecular complexity index is 773. The van der Waals surface area contributed by atoms with Gasteiger partial charge in [0.05, 0.1) is 0 Å². The number of fused-ring (bicyclic) bond motifs is 1. The lowest BCUT2D eigenvalue weighted by molar-refractivity contribution is -0.137. The number of carbonyl (C=O) groups excluding carboxylic acids is 3. The summed E-state index contributed by atoms with van der Waals surface area (Å²) in [6.45, 7) is 3.64. The standard InChI is InChI=1S/C24H33N3O3/c1-17(28)25-16-18-11-13-26(14-12-18)24(30)22-15-20-9-5-6-10-21(20)27(22)23(29)19-7-3-2-4-8-19/h2-4,7-8,18,20-22H,5-6,9-16H2,1H3,(H,25,28). The fourth-order valence-electron chi connectivity index (χ4n) is 5.56. The molecule has 3 amide bonds. The number of hydrogen-bond acceptors (Lipinski definition) is 3. The van der Waals surface area contributed by atoms with Gasteiger partial charge in [-0.2, -0.15) is 0 Å². The number of amides is 3. The third kappa shape index (κ3) is 4.37. The number of nitrogens with zero attached hydrogens (tertiary/aromatic N) is 2. The van der Waals surface area contributed by atoms with Gasteiger partial charge in [0.1, 0.15) is 6.04 Å². The maximum absolute atomic E-state index is 13.5. The average Bonchev–Trinajstić information content (AvgIpc) is 3.17. The molecule has 0 aromatic heterocycles. The van der Waals surface area contributed by atoms with Gasteiger partial charge in [0.2, 0.25) is 11.8 Å². The zero-order chi connectivity index (χ0) is 21.1. The summed E-state index contributed by atoms with van der Waals surface area (Å²) in [7, 11) is 0. The van der Waals surface area contributed by atoms with Crippen molar-refractivity contribution in [3.8, 4) is 0 Å². The quantitative estimate of drug-likeness (QED) is 0.828.